The Bertz CT molecular complexity index is 755. The standard InChI is InChI=1S/C16H11BrFNO/c17-10-11-6-7-14(13(18)9-11)20-15-5-1-3-12-4-2-8-19-16(12)15/h1-9H,10H2. The summed E-state index contributed by atoms with van der Waals surface area (Å²) in [6.45, 7) is 0. The molecule has 4 heteroatoms. The number of aromatic nitrogens is 1. The van der Waals surface area contributed by atoms with Crippen LogP contribution in [0.2, 0.25) is 0 Å². The van der Waals surface area contributed by atoms with E-state index in [-0.39, 0.29) is 11.6 Å². The lowest BCUT2D eigenvalue weighted by Crippen LogP contribution is -1.91. The summed E-state index contributed by atoms with van der Waals surface area (Å²) in [6, 6.07) is 14.3. The molecule has 0 aliphatic carbocycles. The van der Waals surface area contributed by atoms with Crippen LogP contribution >= 0.6 is 15.9 Å². The van der Waals surface area contributed by atoms with E-state index in [4.69, 9.17) is 4.74 Å². The summed E-state index contributed by atoms with van der Waals surface area (Å²) in [6.07, 6.45) is 1.69. The highest BCUT2D eigenvalue weighted by molar-refractivity contribution is 9.08. The second-order valence-electron chi connectivity index (χ2n) is 4.33. The molecular formula is C16H11BrFNO. The summed E-state index contributed by atoms with van der Waals surface area (Å²) in [5.74, 6) is 0.372. The van der Waals surface area contributed by atoms with E-state index in [0.29, 0.717) is 11.1 Å². The van der Waals surface area contributed by atoms with Gasteiger partial charge in [0.1, 0.15) is 5.52 Å². The Kier molecular flexibility index (Phi) is 3.65. The minimum atomic E-state index is -0.380. The van der Waals surface area contributed by atoms with E-state index in [1.807, 2.05) is 30.3 Å². The van der Waals surface area contributed by atoms with Crippen molar-refractivity contribution < 1.29 is 9.13 Å². The third-order valence-electron chi connectivity index (χ3n) is 2.97. The minimum Gasteiger partial charge on any atom is -0.452 e. The number of rotatable bonds is 3. The molecule has 2 aromatic carbocycles. The van der Waals surface area contributed by atoms with Gasteiger partial charge in [0.2, 0.25) is 0 Å². The first-order valence-corrected chi connectivity index (χ1v) is 7.26. The number of benzene rings is 2. The fraction of sp³-hybridized carbons (Fsp3) is 0.0625. The SMILES string of the molecule is Fc1cc(CBr)ccc1Oc1cccc2cccnc12. The van der Waals surface area contributed by atoms with Gasteiger partial charge in [-0.2, -0.15) is 0 Å². The average molecular weight is 332 g/mol. The second kappa shape index (κ2) is 5.59. The molecule has 2 nitrogen and oxygen atoms in total. The van der Waals surface area contributed by atoms with Crippen molar-refractivity contribution in [1.29, 1.82) is 0 Å². The van der Waals surface area contributed by atoms with Crippen LogP contribution < -0.4 is 4.74 Å². The van der Waals surface area contributed by atoms with Gasteiger partial charge in [0.15, 0.2) is 17.3 Å². The number of ether oxygens (including phenoxy) is 1. The lowest BCUT2D eigenvalue weighted by molar-refractivity contribution is 0.445. The first kappa shape index (κ1) is 13.1. The van der Waals surface area contributed by atoms with Crippen molar-refractivity contribution in [3.8, 4) is 11.5 Å². The van der Waals surface area contributed by atoms with Gasteiger partial charge in [-0.25, -0.2) is 4.39 Å². The summed E-state index contributed by atoms with van der Waals surface area (Å²) in [4.78, 5) is 4.29. The second-order valence-corrected chi connectivity index (χ2v) is 4.89. The highest BCUT2D eigenvalue weighted by atomic mass is 79.9. The van der Waals surface area contributed by atoms with E-state index >= 15 is 0 Å². The molecule has 0 unspecified atom stereocenters. The first-order chi connectivity index (χ1) is 9.78. The highest BCUT2D eigenvalue weighted by Gasteiger charge is 2.08. The summed E-state index contributed by atoms with van der Waals surface area (Å²) in [5.41, 5.74) is 1.59. The number of alkyl halides is 1. The molecule has 1 aromatic heterocycles. The zero-order chi connectivity index (χ0) is 13.9. The summed E-state index contributed by atoms with van der Waals surface area (Å²) >= 11 is 3.30. The molecule has 0 N–H and O–H groups in total. The molecule has 3 aromatic rings. The van der Waals surface area contributed by atoms with Crippen molar-refractivity contribution in [3.63, 3.8) is 0 Å². The maximum absolute atomic E-state index is 14.0. The Morgan fingerprint density at radius 1 is 1.05 bits per heavy atom. The third kappa shape index (κ3) is 2.51. The van der Waals surface area contributed by atoms with Crippen molar-refractivity contribution in [1.82, 2.24) is 4.98 Å². The zero-order valence-electron chi connectivity index (χ0n) is 10.5. The van der Waals surface area contributed by atoms with Crippen LogP contribution in [0.1, 0.15) is 5.56 Å². The molecule has 1 heterocycles. The Balaban J connectivity index is 2.01. The number of hydrogen-bond acceptors (Lipinski definition) is 2. The molecule has 3 rings (SSSR count). The maximum Gasteiger partial charge on any atom is 0.166 e. The molecule has 0 spiro atoms. The maximum atomic E-state index is 14.0. The Morgan fingerprint density at radius 3 is 2.70 bits per heavy atom. The number of nitrogens with zero attached hydrogens (tertiary/aromatic N) is 1. The van der Waals surface area contributed by atoms with Crippen LogP contribution in [0.15, 0.2) is 54.7 Å². The topological polar surface area (TPSA) is 22.1 Å². The molecule has 100 valence electrons. The van der Waals surface area contributed by atoms with Gasteiger partial charge in [0.05, 0.1) is 0 Å². The van der Waals surface area contributed by atoms with Crippen molar-refractivity contribution >= 4 is 26.8 Å². The molecule has 0 saturated carbocycles. The quantitative estimate of drug-likeness (QED) is 0.626. The number of pyridine rings is 1. The fourth-order valence-corrected chi connectivity index (χ4v) is 2.34. The first-order valence-electron chi connectivity index (χ1n) is 6.14. The summed E-state index contributed by atoms with van der Waals surface area (Å²) in [7, 11) is 0. The van der Waals surface area contributed by atoms with E-state index in [1.165, 1.54) is 6.07 Å². The van der Waals surface area contributed by atoms with Gasteiger partial charge in [-0.15, -0.1) is 0 Å². The average Bonchev–Trinajstić information content (AvgIpc) is 2.49. The van der Waals surface area contributed by atoms with Crippen molar-refractivity contribution in [2.24, 2.45) is 0 Å². The van der Waals surface area contributed by atoms with Gasteiger partial charge in [0.25, 0.3) is 0 Å². The van der Waals surface area contributed by atoms with Crippen molar-refractivity contribution in [2.45, 2.75) is 5.33 Å². The van der Waals surface area contributed by atoms with Gasteiger partial charge >= 0.3 is 0 Å². The molecular weight excluding hydrogens is 321 g/mol. The fourth-order valence-electron chi connectivity index (χ4n) is 1.99. The van der Waals surface area contributed by atoms with Crippen LogP contribution in [0.5, 0.6) is 11.5 Å². The third-order valence-corrected chi connectivity index (χ3v) is 3.61. The van der Waals surface area contributed by atoms with Crippen LogP contribution in [0.4, 0.5) is 4.39 Å². The molecule has 0 aliphatic rings. The predicted molar refractivity (Wildman–Crippen MR) is 80.8 cm³/mol. The molecule has 0 bridgehead atoms. The lowest BCUT2D eigenvalue weighted by atomic mass is 10.2. The van der Waals surface area contributed by atoms with Gasteiger partial charge in [-0.3, -0.25) is 4.98 Å². The molecule has 0 atom stereocenters. The molecule has 0 saturated heterocycles. The summed E-state index contributed by atoms with van der Waals surface area (Å²) in [5, 5.41) is 1.57. The predicted octanol–water partition coefficient (Wildman–Crippen LogP) is 5.06. The Morgan fingerprint density at radius 2 is 1.90 bits per heavy atom. The molecule has 0 aliphatic heterocycles. The molecule has 0 radical (unpaired) electrons. The Labute approximate surface area is 124 Å². The van der Waals surface area contributed by atoms with E-state index in [2.05, 4.69) is 20.9 Å². The van der Waals surface area contributed by atoms with Gasteiger partial charge in [0, 0.05) is 16.9 Å². The number of hydrogen-bond donors (Lipinski definition) is 0. The van der Waals surface area contributed by atoms with Crippen LogP contribution in [0.25, 0.3) is 10.9 Å². The monoisotopic (exact) mass is 331 g/mol. The highest BCUT2D eigenvalue weighted by Crippen LogP contribution is 2.30. The largest absolute Gasteiger partial charge is 0.452 e. The number of halogens is 2. The molecule has 20 heavy (non-hydrogen) atoms. The van der Waals surface area contributed by atoms with E-state index in [0.717, 1.165) is 16.5 Å². The van der Waals surface area contributed by atoms with Gasteiger partial charge in [-0.05, 0) is 29.8 Å². The van der Waals surface area contributed by atoms with Gasteiger partial charge in [-0.1, -0.05) is 40.2 Å². The lowest BCUT2D eigenvalue weighted by Gasteiger charge is -2.09. The van der Waals surface area contributed by atoms with Crippen LogP contribution in [0.3, 0.4) is 0 Å². The van der Waals surface area contributed by atoms with Crippen molar-refractivity contribution in [2.75, 3.05) is 0 Å². The molecule has 0 amide bonds. The van der Waals surface area contributed by atoms with E-state index < -0.39 is 0 Å². The number of para-hydroxylation sites is 1. The summed E-state index contributed by atoms with van der Waals surface area (Å²) < 4.78 is 19.6. The minimum absolute atomic E-state index is 0.202. The normalized spacial score (nSPS) is 10.7. The Hall–Kier alpha value is -1.94. The van der Waals surface area contributed by atoms with Crippen molar-refractivity contribution in [3.05, 3.63) is 66.1 Å². The molecule has 0 fully saturated rings. The van der Waals surface area contributed by atoms with Crippen LogP contribution in [-0.2, 0) is 5.33 Å². The number of fused-ring (bicyclic) bond motifs is 1. The van der Waals surface area contributed by atoms with Crippen LogP contribution in [0, 0.1) is 5.82 Å². The van der Waals surface area contributed by atoms with E-state index in [1.54, 1.807) is 18.3 Å². The van der Waals surface area contributed by atoms with E-state index in [9.17, 15) is 4.39 Å². The van der Waals surface area contributed by atoms with Crippen LogP contribution in [-0.4, -0.2) is 4.98 Å². The smallest absolute Gasteiger partial charge is 0.166 e. The zero-order valence-corrected chi connectivity index (χ0v) is 12.1. The van der Waals surface area contributed by atoms with Gasteiger partial charge < -0.3 is 4.74 Å².